The van der Waals surface area contributed by atoms with Gasteiger partial charge in [-0.2, -0.15) is 13.2 Å². The highest BCUT2D eigenvalue weighted by Gasteiger charge is 2.34. The molecule has 0 aliphatic heterocycles. The molecule has 0 spiro atoms. The summed E-state index contributed by atoms with van der Waals surface area (Å²) >= 11 is 6.91. The van der Waals surface area contributed by atoms with Crippen molar-refractivity contribution in [1.82, 2.24) is 0 Å². The number of amides is 2. The Hall–Kier alpha value is -2.19. The largest absolute Gasteiger partial charge is 0.418 e. The summed E-state index contributed by atoms with van der Waals surface area (Å²) in [4.78, 5) is 25.6. The van der Waals surface area contributed by atoms with Crippen LogP contribution in [0.5, 0.6) is 0 Å². The summed E-state index contributed by atoms with van der Waals surface area (Å²) in [6, 6.07) is 10.2. The van der Waals surface area contributed by atoms with Crippen LogP contribution in [0.4, 0.5) is 24.5 Å². The molecule has 2 rings (SSSR count). The lowest BCUT2D eigenvalue weighted by Gasteiger charge is -2.19. The Morgan fingerprint density at radius 3 is 2.34 bits per heavy atom. The Balaban J connectivity index is 2.13. The van der Waals surface area contributed by atoms with Gasteiger partial charge in [0.15, 0.2) is 0 Å². The van der Waals surface area contributed by atoms with E-state index in [1.165, 1.54) is 17.8 Å². The number of carbonyl (C=O) groups is 2. The number of carbonyl (C=O) groups excluding carboxylic acids is 2. The van der Waals surface area contributed by atoms with Crippen molar-refractivity contribution in [1.29, 1.82) is 0 Å². The Morgan fingerprint density at radius 1 is 1.06 bits per heavy atom. The molecule has 0 radical (unpaired) electrons. The second kappa shape index (κ2) is 10.6. The zero-order chi connectivity index (χ0) is 24.1. The molecular formula is C23H26ClF3N2O2S. The highest BCUT2D eigenvalue weighted by molar-refractivity contribution is 8.00. The summed E-state index contributed by atoms with van der Waals surface area (Å²) in [6.07, 6.45) is -3.90. The Kier molecular flexibility index (Phi) is 8.65. The van der Waals surface area contributed by atoms with Gasteiger partial charge in [0.05, 0.1) is 16.5 Å². The van der Waals surface area contributed by atoms with Crippen LogP contribution in [0.2, 0.25) is 5.02 Å². The van der Waals surface area contributed by atoms with Crippen LogP contribution >= 0.6 is 23.4 Å². The summed E-state index contributed by atoms with van der Waals surface area (Å²) in [6.45, 7) is 7.68. The maximum atomic E-state index is 13.3. The molecular weight excluding hydrogens is 461 g/mol. The van der Waals surface area contributed by atoms with Crippen LogP contribution in [-0.2, 0) is 15.8 Å². The van der Waals surface area contributed by atoms with Gasteiger partial charge in [0.25, 0.3) is 0 Å². The molecule has 2 aromatic carbocycles. The van der Waals surface area contributed by atoms with Crippen molar-refractivity contribution in [3.63, 3.8) is 0 Å². The number of thioether (sulfide) groups is 1. The standard InChI is InChI=1S/C23H26ClF3N2O2S/c1-5-19(21(31)29-18-10-9-14(24)11-17(18)23(25,26)27)32-16-8-6-7-15(12-16)28-20(30)13-22(2,3)4/h6-12,19H,5,13H2,1-4H3,(H,28,30)(H,29,31). The summed E-state index contributed by atoms with van der Waals surface area (Å²) in [7, 11) is 0. The fourth-order valence-electron chi connectivity index (χ4n) is 2.89. The number of alkyl halides is 3. The number of benzene rings is 2. The average molecular weight is 487 g/mol. The van der Waals surface area contributed by atoms with Gasteiger partial charge in [-0.25, -0.2) is 0 Å². The lowest BCUT2D eigenvalue weighted by molar-refractivity contribution is -0.137. The monoisotopic (exact) mass is 486 g/mol. The van der Waals surface area contributed by atoms with Crippen LogP contribution < -0.4 is 10.6 Å². The number of hydrogen-bond acceptors (Lipinski definition) is 3. The predicted octanol–water partition coefficient (Wildman–Crippen LogP) is 7.24. The molecule has 1 unspecified atom stereocenters. The van der Waals surface area contributed by atoms with Crippen molar-refractivity contribution in [2.75, 3.05) is 10.6 Å². The molecule has 2 N–H and O–H groups in total. The first-order valence-electron chi connectivity index (χ1n) is 10.0. The number of halogens is 4. The molecule has 0 fully saturated rings. The van der Waals surface area contributed by atoms with Crippen molar-refractivity contribution in [3.05, 3.63) is 53.1 Å². The van der Waals surface area contributed by atoms with Crippen molar-refractivity contribution in [2.45, 2.75) is 56.9 Å². The van der Waals surface area contributed by atoms with Gasteiger partial charge in [-0.15, -0.1) is 11.8 Å². The molecule has 2 amide bonds. The van der Waals surface area contributed by atoms with Crippen LogP contribution in [0.25, 0.3) is 0 Å². The fraction of sp³-hybridized carbons (Fsp3) is 0.391. The Labute approximate surface area is 195 Å². The van der Waals surface area contributed by atoms with E-state index in [1.54, 1.807) is 31.2 Å². The maximum absolute atomic E-state index is 13.3. The smallest absolute Gasteiger partial charge is 0.326 e. The van der Waals surface area contributed by atoms with E-state index in [0.29, 0.717) is 23.4 Å². The highest BCUT2D eigenvalue weighted by atomic mass is 35.5. The van der Waals surface area contributed by atoms with Gasteiger partial charge in [-0.05, 0) is 48.2 Å². The number of rotatable bonds is 7. The second-order valence-electron chi connectivity index (χ2n) is 8.51. The van der Waals surface area contributed by atoms with E-state index in [4.69, 9.17) is 11.6 Å². The molecule has 0 saturated carbocycles. The van der Waals surface area contributed by atoms with Crippen LogP contribution in [0.15, 0.2) is 47.4 Å². The minimum atomic E-state index is -4.65. The highest BCUT2D eigenvalue weighted by Crippen LogP contribution is 2.37. The van der Waals surface area contributed by atoms with E-state index in [0.717, 1.165) is 12.1 Å². The first kappa shape index (κ1) is 26.1. The number of hydrogen-bond donors (Lipinski definition) is 2. The third-order valence-electron chi connectivity index (χ3n) is 4.30. The predicted molar refractivity (Wildman–Crippen MR) is 124 cm³/mol. The summed E-state index contributed by atoms with van der Waals surface area (Å²) in [5, 5.41) is 4.52. The lowest BCUT2D eigenvalue weighted by Crippen LogP contribution is -2.26. The van der Waals surface area contributed by atoms with Gasteiger partial charge in [0, 0.05) is 22.0 Å². The van der Waals surface area contributed by atoms with Crippen LogP contribution in [0, 0.1) is 5.41 Å². The molecule has 0 saturated heterocycles. The van der Waals surface area contributed by atoms with Gasteiger partial charge in [0.2, 0.25) is 11.8 Å². The van der Waals surface area contributed by atoms with E-state index < -0.39 is 22.9 Å². The van der Waals surface area contributed by atoms with Crippen molar-refractivity contribution in [2.24, 2.45) is 5.41 Å². The van der Waals surface area contributed by atoms with Crippen molar-refractivity contribution in [3.8, 4) is 0 Å². The SMILES string of the molecule is CCC(Sc1cccc(NC(=O)CC(C)(C)C)c1)C(=O)Nc1ccc(Cl)cc1C(F)(F)F. The molecule has 0 heterocycles. The lowest BCUT2D eigenvalue weighted by atomic mass is 9.92. The molecule has 2 aromatic rings. The van der Waals surface area contributed by atoms with E-state index >= 15 is 0 Å². The first-order valence-corrected chi connectivity index (χ1v) is 11.3. The molecule has 0 aromatic heterocycles. The van der Waals surface area contributed by atoms with Crippen LogP contribution in [0.1, 0.15) is 46.1 Å². The fourth-order valence-corrected chi connectivity index (χ4v) is 4.08. The maximum Gasteiger partial charge on any atom is 0.418 e. The minimum absolute atomic E-state index is 0.0675. The molecule has 9 heteroatoms. The van der Waals surface area contributed by atoms with Gasteiger partial charge in [-0.1, -0.05) is 45.4 Å². The van der Waals surface area contributed by atoms with Crippen LogP contribution in [-0.4, -0.2) is 17.1 Å². The average Bonchev–Trinajstić information content (AvgIpc) is 2.65. The van der Waals surface area contributed by atoms with Crippen molar-refractivity contribution >= 4 is 46.6 Å². The first-order chi connectivity index (χ1) is 14.8. The van der Waals surface area contributed by atoms with E-state index in [2.05, 4.69) is 10.6 Å². The zero-order valence-electron chi connectivity index (χ0n) is 18.3. The van der Waals surface area contributed by atoms with Gasteiger partial charge in [-0.3, -0.25) is 9.59 Å². The van der Waals surface area contributed by atoms with Gasteiger partial charge < -0.3 is 10.6 Å². The van der Waals surface area contributed by atoms with Crippen LogP contribution in [0.3, 0.4) is 0 Å². The normalized spacial score (nSPS) is 12.9. The zero-order valence-corrected chi connectivity index (χ0v) is 19.8. The van der Waals surface area contributed by atoms with Gasteiger partial charge in [0.1, 0.15) is 0 Å². The molecule has 0 aliphatic carbocycles. The topological polar surface area (TPSA) is 58.2 Å². The second-order valence-corrected chi connectivity index (χ2v) is 10.2. The van der Waals surface area contributed by atoms with E-state index in [-0.39, 0.29) is 22.0 Å². The van der Waals surface area contributed by atoms with E-state index in [1.807, 2.05) is 20.8 Å². The molecule has 32 heavy (non-hydrogen) atoms. The Bertz CT molecular complexity index is 974. The van der Waals surface area contributed by atoms with Crippen molar-refractivity contribution < 1.29 is 22.8 Å². The minimum Gasteiger partial charge on any atom is -0.326 e. The quantitative estimate of drug-likeness (QED) is 0.405. The summed E-state index contributed by atoms with van der Waals surface area (Å²) in [5.41, 5.74) is -0.897. The van der Waals surface area contributed by atoms with Gasteiger partial charge >= 0.3 is 6.18 Å². The molecule has 0 bridgehead atoms. The summed E-state index contributed by atoms with van der Waals surface area (Å²) < 4.78 is 39.9. The molecule has 1 atom stereocenters. The third kappa shape index (κ3) is 8.06. The molecule has 4 nitrogen and oxygen atoms in total. The molecule has 0 aliphatic rings. The van der Waals surface area contributed by atoms with E-state index in [9.17, 15) is 22.8 Å². The Morgan fingerprint density at radius 2 is 1.75 bits per heavy atom. The number of anilines is 2. The third-order valence-corrected chi connectivity index (χ3v) is 5.89. The number of nitrogens with one attached hydrogen (secondary N) is 2. The molecule has 174 valence electrons. The summed E-state index contributed by atoms with van der Waals surface area (Å²) in [5.74, 6) is -0.667.